The van der Waals surface area contributed by atoms with Crippen molar-refractivity contribution < 1.29 is 14.7 Å². The van der Waals surface area contributed by atoms with Gasteiger partial charge >= 0.3 is 5.97 Å². The molecule has 7 nitrogen and oxygen atoms in total. The molecule has 1 aromatic carbocycles. The smallest absolute Gasteiger partial charge is 0.313 e. The minimum atomic E-state index is -0.955. The second-order valence-electron chi connectivity index (χ2n) is 9.45. The van der Waals surface area contributed by atoms with Gasteiger partial charge in [0.05, 0.1) is 17.8 Å². The summed E-state index contributed by atoms with van der Waals surface area (Å²) in [5.41, 5.74) is 0.0740. The van der Waals surface area contributed by atoms with E-state index in [1.807, 2.05) is 38.1 Å². The largest absolute Gasteiger partial charge is 0.481 e. The van der Waals surface area contributed by atoms with Gasteiger partial charge < -0.3 is 15.3 Å². The highest BCUT2D eigenvalue weighted by atomic mass is 16.4. The molecule has 1 saturated heterocycles. The fraction of sp³-hybridized carbons (Fsp3) is 0.500. The molecule has 1 aliphatic rings. The number of hydrogen-bond donors (Lipinski definition) is 2. The van der Waals surface area contributed by atoms with Gasteiger partial charge in [-0.3, -0.25) is 14.6 Å². The number of carboxylic acid groups (broad SMARTS) is 1. The van der Waals surface area contributed by atoms with Crippen LogP contribution in [-0.2, 0) is 21.4 Å². The van der Waals surface area contributed by atoms with Crippen molar-refractivity contribution in [2.45, 2.75) is 58.8 Å². The van der Waals surface area contributed by atoms with E-state index in [4.69, 9.17) is 0 Å². The van der Waals surface area contributed by atoms with Crippen molar-refractivity contribution in [2.24, 2.45) is 5.41 Å². The van der Waals surface area contributed by atoms with Gasteiger partial charge in [-0.1, -0.05) is 38.1 Å². The van der Waals surface area contributed by atoms with Crippen LogP contribution in [0, 0.1) is 5.41 Å². The van der Waals surface area contributed by atoms with E-state index in [0.29, 0.717) is 12.2 Å². The summed E-state index contributed by atoms with van der Waals surface area (Å²) >= 11 is 0. The van der Waals surface area contributed by atoms with Gasteiger partial charge in [-0.25, -0.2) is 4.98 Å². The van der Waals surface area contributed by atoms with Gasteiger partial charge in [0.15, 0.2) is 5.82 Å². The minimum absolute atomic E-state index is 0.132. The third kappa shape index (κ3) is 5.40. The number of aromatic nitrogens is 2. The summed E-state index contributed by atoms with van der Waals surface area (Å²) in [6.45, 7) is 9.07. The fourth-order valence-electron chi connectivity index (χ4n) is 3.73. The number of piperidine rings is 1. The third-order valence-corrected chi connectivity index (χ3v) is 6.01. The monoisotopic (exact) mass is 424 g/mol. The molecule has 2 heterocycles. The van der Waals surface area contributed by atoms with Gasteiger partial charge in [0.25, 0.3) is 0 Å². The van der Waals surface area contributed by atoms with E-state index < -0.39 is 16.8 Å². The molecule has 0 bridgehead atoms. The molecule has 1 aromatic heterocycles. The first-order valence-corrected chi connectivity index (χ1v) is 10.8. The lowest BCUT2D eigenvalue weighted by Crippen LogP contribution is -2.34. The van der Waals surface area contributed by atoms with Crippen LogP contribution in [0.4, 0.5) is 11.6 Å². The van der Waals surface area contributed by atoms with Crippen molar-refractivity contribution >= 4 is 23.5 Å². The van der Waals surface area contributed by atoms with E-state index in [1.54, 1.807) is 26.2 Å². The first-order valence-electron chi connectivity index (χ1n) is 10.8. The second-order valence-corrected chi connectivity index (χ2v) is 9.45. The topological polar surface area (TPSA) is 95.4 Å². The molecule has 1 amide bonds. The Morgan fingerprint density at radius 3 is 2.29 bits per heavy atom. The Bertz CT molecular complexity index is 932. The number of anilines is 2. The SMILES string of the molecule is CC(C)(Cc1ccc(C(C)(C)C(=O)O)cc1)C(=O)Nc1cncc(N2CCCCC2)n1. The summed E-state index contributed by atoms with van der Waals surface area (Å²) in [5.74, 6) is 0.257. The van der Waals surface area contributed by atoms with Crippen molar-refractivity contribution in [1.29, 1.82) is 0 Å². The van der Waals surface area contributed by atoms with Gasteiger partial charge in [0.1, 0.15) is 5.82 Å². The fourth-order valence-corrected chi connectivity index (χ4v) is 3.73. The Balaban J connectivity index is 1.67. The number of carbonyl (C=O) groups is 2. The number of hydrogen-bond acceptors (Lipinski definition) is 5. The average molecular weight is 425 g/mol. The molecule has 1 aliphatic heterocycles. The number of nitrogens with zero attached hydrogens (tertiary/aromatic N) is 3. The zero-order chi connectivity index (χ0) is 22.6. The Kier molecular flexibility index (Phi) is 6.62. The maximum Gasteiger partial charge on any atom is 0.313 e. The Morgan fingerprint density at radius 1 is 1.03 bits per heavy atom. The summed E-state index contributed by atoms with van der Waals surface area (Å²) in [6.07, 6.45) is 7.37. The normalized spacial score (nSPS) is 14.9. The number of nitrogens with one attached hydrogen (secondary N) is 1. The Labute approximate surface area is 183 Å². The average Bonchev–Trinajstić information content (AvgIpc) is 2.74. The van der Waals surface area contributed by atoms with Crippen LogP contribution in [0.15, 0.2) is 36.7 Å². The molecule has 0 unspecified atom stereocenters. The molecule has 2 aromatic rings. The highest BCUT2D eigenvalue weighted by Gasteiger charge is 2.31. The quantitative estimate of drug-likeness (QED) is 0.697. The summed E-state index contributed by atoms with van der Waals surface area (Å²) < 4.78 is 0. The van der Waals surface area contributed by atoms with Crippen LogP contribution in [0.25, 0.3) is 0 Å². The molecule has 3 rings (SSSR count). The number of aliphatic carboxylic acids is 1. The molecule has 31 heavy (non-hydrogen) atoms. The van der Waals surface area contributed by atoms with E-state index >= 15 is 0 Å². The Morgan fingerprint density at radius 2 is 1.68 bits per heavy atom. The molecule has 0 spiro atoms. The van der Waals surface area contributed by atoms with E-state index in [-0.39, 0.29) is 5.91 Å². The lowest BCUT2D eigenvalue weighted by atomic mass is 9.81. The number of carbonyl (C=O) groups excluding carboxylic acids is 1. The van der Waals surface area contributed by atoms with E-state index in [0.717, 1.165) is 42.9 Å². The van der Waals surface area contributed by atoms with Crippen molar-refractivity contribution in [1.82, 2.24) is 9.97 Å². The zero-order valence-electron chi connectivity index (χ0n) is 18.8. The predicted octanol–water partition coefficient (Wildman–Crippen LogP) is 4.04. The maximum absolute atomic E-state index is 13.0. The summed E-state index contributed by atoms with van der Waals surface area (Å²) in [6, 6.07) is 7.44. The van der Waals surface area contributed by atoms with Crippen molar-refractivity contribution in [3.63, 3.8) is 0 Å². The summed E-state index contributed by atoms with van der Waals surface area (Å²) in [7, 11) is 0. The van der Waals surface area contributed by atoms with Crippen LogP contribution < -0.4 is 10.2 Å². The maximum atomic E-state index is 13.0. The van der Waals surface area contributed by atoms with Gasteiger partial charge in [0.2, 0.25) is 5.91 Å². The molecular formula is C24H32N4O3. The Hall–Kier alpha value is -2.96. The van der Waals surface area contributed by atoms with Crippen molar-refractivity contribution in [3.8, 4) is 0 Å². The predicted molar refractivity (Wildman–Crippen MR) is 121 cm³/mol. The first kappa shape index (κ1) is 22.7. The van der Waals surface area contributed by atoms with Gasteiger partial charge in [-0.05, 0) is 50.7 Å². The molecule has 2 N–H and O–H groups in total. The molecule has 0 saturated carbocycles. The summed E-state index contributed by atoms with van der Waals surface area (Å²) in [4.78, 5) is 35.5. The summed E-state index contributed by atoms with van der Waals surface area (Å²) in [5, 5.41) is 12.3. The number of benzene rings is 1. The molecule has 0 aliphatic carbocycles. The van der Waals surface area contributed by atoms with E-state index in [2.05, 4.69) is 20.2 Å². The van der Waals surface area contributed by atoms with Crippen LogP contribution >= 0.6 is 0 Å². The number of carboxylic acids is 1. The van der Waals surface area contributed by atoms with Crippen molar-refractivity contribution in [3.05, 3.63) is 47.8 Å². The highest BCUT2D eigenvalue weighted by molar-refractivity contribution is 5.94. The molecule has 0 radical (unpaired) electrons. The van der Waals surface area contributed by atoms with Gasteiger partial charge in [-0.2, -0.15) is 0 Å². The van der Waals surface area contributed by atoms with Crippen LogP contribution in [0.3, 0.4) is 0 Å². The van der Waals surface area contributed by atoms with Crippen LogP contribution in [0.2, 0.25) is 0 Å². The van der Waals surface area contributed by atoms with Crippen molar-refractivity contribution in [2.75, 3.05) is 23.3 Å². The minimum Gasteiger partial charge on any atom is -0.481 e. The molecule has 166 valence electrons. The van der Waals surface area contributed by atoms with Crippen LogP contribution in [-0.4, -0.2) is 40.0 Å². The lowest BCUT2D eigenvalue weighted by molar-refractivity contribution is -0.142. The highest BCUT2D eigenvalue weighted by Crippen LogP contribution is 2.28. The molecular weight excluding hydrogens is 392 g/mol. The van der Waals surface area contributed by atoms with Crippen LogP contribution in [0.1, 0.15) is 58.1 Å². The number of rotatable bonds is 7. The van der Waals surface area contributed by atoms with Gasteiger partial charge in [0, 0.05) is 18.5 Å². The molecule has 0 atom stereocenters. The molecule has 1 fully saturated rings. The van der Waals surface area contributed by atoms with E-state index in [9.17, 15) is 14.7 Å². The lowest BCUT2D eigenvalue weighted by Gasteiger charge is -2.28. The zero-order valence-corrected chi connectivity index (χ0v) is 18.8. The van der Waals surface area contributed by atoms with Gasteiger partial charge in [-0.15, -0.1) is 0 Å². The van der Waals surface area contributed by atoms with Crippen LogP contribution in [0.5, 0.6) is 0 Å². The molecule has 7 heteroatoms. The second kappa shape index (κ2) is 9.04. The van der Waals surface area contributed by atoms with E-state index in [1.165, 1.54) is 6.42 Å². The third-order valence-electron chi connectivity index (χ3n) is 6.01. The number of amides is 1. The standard InChI is InChI=1S/C24H32N4O3/c1-23(2,14-17-8-10-18(11-9-17)24(3,4)22(30)31)21(29)27-19-15-25-16-20(26-19)28-12-6-5-7-13-28/h8-11,15-16H,5-7,12-14H2,1-4H3,(H,30,31)(H,26,27,29). The first-order chi connectivity index (χ1) is 14.6.